The zero-order chi connectivity index (χ0) is 21.9. The molecule has 166 valence electrons. The molecule has 2 heterocycles. The zero-order valence-corrected chi connectivity index (χ0v) is 18.1. The van der Waals surface area contributed by atoms with Gasteiger partial charge in [0.2, 0.25) is 5.91 Å². The lowest BCUT2D eigenvalue weighted by molar-refractivity contribution is -0.118. The Labute approximate surface area is 187 Å². The summed E-state index contributed by atoms with van der Waals surface area (Å²) in [7, 11) is 0. The summed E-state index contributed by atoms with van der Waals surface area (Å²) in [5.74, 6) is -0.186. The third-order valence-electron chi connectivity index (χ3n) is 6.26. The van der Waals surface area contributed by atoms with E-state index in [1.165, 1.54) is 24.1 Å². The monoisotopic (exact) mass is 432 g/mol. The van der Waals surface area contributed by atoms with Gasteiger partial charge in [-0.15, -0.1) is 0 Å². The van der Waals surface area contributed by atoms with Crippen molar-refractivity contribution in [2.45, 2.75) is 25.7 Å². The van der Waals surface area contributed by atoms with E-state index in [1.54, 1.807) is 24.3 Å². The van der Waals surface area contributed by atoms with Crippen LogP contribution in [0.5, 0.6) is 0 Å². The maximum Gasteiger partial charge on any atom is 0.255 e. The van der Waals surface area contributed by atoms with E-state index in [2.05, 4.69) is 20.5 Å². The van der Waals surface area contributed by atoms with Gasteiger partial charge in [0.15, 0.2) is 0 Å². The number of morpholine rings is 1. The summed E-state index contributed by atoms with van der Waals surface area (Å²) in [6, 6.07) is 13.1. The van der Waals surface area contributed by atoms with Crippen LogP contribution in [0.15, 0.2) is 42.5 Å². The second-order valence-corrected chi connectivity index (χ2v) is 8.52. The minimum absolute atomic E-state index is 0.0492. The van der Waals surface area contributed by atoms with Crippen LogP contribution in [0, 0.1) is 0 Å². The molecule has 1 aromatic heterocycles. The summed E-state index contributed by atoms with van der Waals surface area (Å²) in [4.78, 5) is 30.7. The van der Waals surface area contributed by atoms with Gasteiger partial charge in [-0.2, -0.15) is 0 Å². The second-order valence-electron chi connectivity index (χ2n) is 8.52. The number of ether oxygens (including phenoxy) is 1. The number of aromatic amines is 1. The molecule has 0 radical (unpaired) electrons. The Morgan fingerprint density at radius 2 is 1.66 bits per heavy atom. The van der Waals surface area contributed by atoms with Crippen molar-refractivity contribution in [1.82, 2.24) is 9.88 Å². The number of aromatic nitrogens is 1. The predicted octanol–water partition coefficient (Wildman–Crippen LogP) is 3.57. The van der Waals surface area contributed by atoms with E-state index in [9.17, 15) is 9.59 Å². The lowest BCUT2D eigenvalue weighted by atomic mass is 9.95. The first-order chi connectivity index (χ1) is 15.7. The number of amides is 2. The number of nitrogens with zero attached hydrogens (tertiary/aromatic N) is 1. The van der Waals surface area contributed by atoms with Gasteiger partial charge < -0.3 is 20.4 Å². The van der Waals surface area contributed by atoms with Crippen molar-refractivity contribution in [3.05, 3.63) is 59.3 Å². The molecule has 1 saturated heterocycles. The van der Waals surface area contributed by atoms with Crippen LogP contribution in [0.25, 0.3) is 10.9 Å². The molecular formula is C25H28N4O3. The van der Waals surface area contributed by atoms with Gasteiger partial charge in [-0.25, -0.2) is 0 Å². The van der Waals surface area contributed by atoms with Crippen molar-refractivity contribution in [3.8, 4) is 0 Å². The van der Waals surface area contributed by atoms with E-state index in [-0.39, 0.29) is 11.8 Å². The summed E-state index contributed by atoms with van der Waals surface area (Å²) in [5, 5.41) is 7.03. The molecule has 0 atom stereocenters. The van der Waals surface area contributed by atoms with Crippen molar-refractivity contribution in [2.75, 3.05) is 43.5 Å². The quantitative estimate of drug-likeness (QED) is 0.575. The molecule has 0 spiro atoms. The third-order valence-corrected chi connectivity index (χ3v) is 6.26. The number of rotatable bonds is 5. The molecule has 1 fully saturated rings. The van der Waals surface area contributed by atoms with Crippen molar-refractivity contribution in [1.29, 1.82) is 0 Å². The van der Waals surface area contributed by atoms with Crippen LogP contribution in [-0.2, 0) is 22.4 Å². The molecule has 1 aliphatic carbocycles. The van der Waals surface area contributed by atoms with Crippen LogP contribution in [0.2, 0.25) is 0 Å². The first kappa shape index (κ1) is 20.7. The summed E-state index contributed by atoms with van der Waals surface area (Å²) in [6.07, 6.45) is 4.57. The molecule has 0 bridgehead atoms. The van der Waals surface area contributed by atoms with E-state index in [4.69, 9.17) is 4.74 Å². The standard InChI is InChI=1S/C25H28N4O3/c30-24(16-29-11-13-32-14-12-29)26-18-6-8-19(9-7-18)27-25(31)17-5-10-23-21(15-17)20-3-1-2-4-22(20)28-23/h5-10,15,28H,1-4,11-14,16H2,(H,26,30)(H,27,31). The molecule has 0 unspecified atom stereocenters. The van der Waals surface area contributed by atoms with Crippen molar-refractivity contribution >= 4 is 34.1 Å². The summed E-state index contributed by atoms with van der Waals surface area (Å²) < 4.78 is 5.31. The number of fused-ring (bicyclic) bond motifs is 3. The van der Waals surface area contributed by atoms with E-state index in [1.807, 2.05) is 18.2 Å². The lowest BCUT2D eigenvalue weighted by Gasteiger charge is -2.25. The first-order valence-corrected chi connectivity index (χ1v) is 11.3. The number of carbonyl (C=O) groups excluding carboxylic acids is 2. The van der Waals surface area contributed by atoms with Gasteiger partial charge >= 0.3 is 0 Å². The SMILES string of the molecule is O=C(CN1CCOCC1)Nc1ccc(NC(=O)c2ccc3[nH]c4c(c3c2)CCCC4)cc1. The zero-order valence-electron chi connectivity index (χ0n) is 18.1. The Hall–Kier alpha value is -3.16. The van der Waals surface area contributed by atoms with Gasteiger partial charge in [0.05, 0.1) is 19.8 Å². The maximum atomic E-state index is 12.8. The molecule has 3 N–H and O–H groups in total. The largest absolute Gasteiger partial charge is 0.379 e. The molecule has 5 rings (SSSR count). The Morgan fingerprint density at radius 1 is 0.938 bits per heavy atom. The molecule has 2 amide bonds. The fourth-order valence-electron chi connectivity index (χ4n) is 4.55. The van der Waals surface area contributed by atoms with E-state index in [0.717, 1.165) is 36.8 Å². The van der Waals surface area contributed by atoms with Crippen LogP contribution in [0.3, 0.4) is 0 Å². The van der Waals surface area contributed by atoms with Gasteiger partial charge in [0.1, 0.15) is 0 Å². The van der Waals surface area contributed by atoms with Gasteiger partial charge in [-0.1, -0.05) is 0 Å². The molecule has 7 nitrogen and oxygen atoms in total. The average Bonchev–Trinajstić information content (AvgIpc) is 3.19. The van der Waals surface area contributed by atoms with E-state index < -0.39 is 0 Å². The van der Waals surface area contributed by atoms with Crippen LogP contribution < -0.4 is 10.6 Å². The topological polar surface area (TPSA) is 86.5 Å². The van der Waals surface area contributed by atoms with E-state index >= 15 is 0 Å². The Balaban J connectivity index is 1.21. The molecule has 3 aromatic rings. The number of anilines is 2. The minimum Gasteiger partial charge on any atom is -0.379 e. The summed E-state index contributed by atoms with van der Waals surface area (Å²) in [6.45, 7) is 3.24. The van der Waals surface area contributed by atoms with Gasteiger partial charge in [0.25, 0.3) is 5.91 Å². The average molecular weight is 433 g/mol. The number of hydrogen-bond acceptors (Lipinski definition) is 4. The van der Waals surface area contributed by atoms with Crippen molar-refractivity contribution < 1.29 is 14.3 Å². The first-order valence-electron chi connectivity index (χ1n) is 11.3. The summed E-state index contributed by atoms with van der Waals surface area (Å²) in [5.41, 5.74) is 5.82. The molecule has 1 aliphatic heterocycles. The maximum absolute atomic E-state index is 12.8. The Kier molecular flexibility index (Phi) is 5.92. The molecular weight excluding hydrogens is 404 g/mol. The molecule has 2 aromatic carbocycles. The number of H-pyrrole nitrogens is 1. The predicted molar refractivity (Wildman–Crippen MR) is 125 cm³/mol. The summed E-state index contributed by atoms with van der Waals surface area (Å²) >= 11 is 0. The van der Waals surface area contributed by atoms with Crippen molar-refractivity contribution in [2.24, 2.45) is 0 Å². The highest BCUT2D eigenvalue weighted by atomic mass is 16.5. The van der Waals surface area contributed by atoms with Gasteiger partial charge in [0, 0.05) is 46.6 Å². The second kappa shape index (κ2) is 9.14. The molecule has 2 aliphatic rings. The Bertz CT molecular complexity index is 1130. The van der Waals surface area contributed by atoms with Gasteiger partial charge in [-0.3, -0.25) is 14.5 Å². The van der Waals surface area contributed by atoms with Crippen LogP contribution in [-0.4, -0.2) is 54.5 Å². The number of benzene rings is 2. The van der Waals surface area contributed by atoms with Crippen LogP contribution in [0.1, 0.15) is 34.5 Å². The third kappa shape index (κ3) is 4.54. The smallest absolute Gasteiger partial charge is 0.255 e. The highest BCUT2D eigenvalue weighted by Gasteiger charge is 2.17. The number of aryl methyl sites for hydroxylation is 2. The molecule has 7 heteroatoms. The van der Waals surface area contributed by atoms with Crippen LogP contribution in [0.4, 0.5) is 11.4 Å². The fraction of sp³-hybridized carbons (Fsp3) is 0.360. The Morgan fingerprint density at radius 3 is 2.44 bits per heavy atom. The normalized spacial score (nSPS) is 16.5. The fourth-order valence-corrected chi connectivity index (χ4v) is 4.55. The number of hydrogen-bond donors (Lipinski definition) is 3. The lowest BCUT2D eigenvalue weighted by Crippen LogP contribution is -2.41. The van der Waals surface area contributed by atoms with Gasteiger partial charge in [-0.05, 0) is 73.7 Å². The molecule has 32 heavy (non-hydrogen) atoms. The van der Waals surface area contributed by atoms with E-state index in [0.29, 0.717) is 36.7 Å². The highest BCUT2D eigenvalue weighted by molar-refractivity contribution is 6.06. The molecule has 0 saturated carbocycles. The number of nitrogens with one attached hydrogen (secondary N) is 3. The highest BCUT2D eigenvalue weighted by Crippen LogP contribution is 2.30. The minimum atomic E-state index is -0.137. The number of carbonyl (C=O) groups is 2. The van der Waals surface area contributed by atoms with Crippen LogP contribution >= 0.6 is 0 Å². The van der Waals surface area contributed by atoms with Crippen molar-refractivity contribution in [3.63, 3.8) is 0 Å².